The summed E-state index contributed by atoms with van der Waals surface area (Å²) in [7, 11) is 0.795. The van der Waals surface area contributed by atoms with Crippen molar-refractivity contribution in [3.8, 4) is 0 Å². The maximum atomic E-state index is 11.4. The molecule has 0 aromatic heterocycles. The van der Waals surface area contributed by atoms with Gasteiger partial charge in [-0.3, -0.25) is 14.5 Å². The molecule has 7 heteroatoms. The number of carbonyl (C=O) groups is 2. The van der Waals surface area contributed by atoms with Crippen LogP contribution in [0.4, 0.5) is 0 Å². The van der Waals surface area contributed by atoms with E-state index in [9.17, 15) is 9.59 Å². The summed E-state index contributed by atoms with van der Waals surface area (Å²) in [6, 6.07) is 0. The van der Waals surface area contributed by atoms with Gasteiger partial charge in [-0.2, -0.15) is 11.4 Å². The second kappa shape index (κ2) is 4.75. The highest BCUT2D eigenvalue weighted by atomic mass is 32.1. The van der Waals surface area contributed by atoms with E-state index < -0.39 is 7.12 Å². The van der Waals surface area contributed by atoms with Crippen molar-refractivity contribution in [2.45, 2.75) is 0 Å². The van der Waals surface area contributed by atoms with Crippen LogP contribution in [-0.2, 0) is 18.9 Å². The van der Waals surface area contributed by atoms with Crippen LogP contribution < -0.4 is 0 Å². The van der Waals surface area contributed by atoms with Crippen molar-refractivity contribution in [2.24, 2.45) is 0 Å². The standard InChI is InChI=1S/C9H11BNO4S/c1-11-4-8(12)14-10(15-9(13)5-11)7-2-3-16-6-7/h2,6H,3-5H2,1H3. The zero-order chi connectivity index (χ0) is 11.5. The topological polar surface area (TPSA) is 55.8 Å². The highest BCUT2D eigenvalue weighted by Gasteiger charge is 2.35. The largest absolute Gasteiger partial charge is 0.637 e. The van der Waals surface area contributed by atoms with Gasteiger partial charge in [0.15, 0.2) is 0 Å². The Morgan fingerprint density at radius 2 is 1.94 bits per heavy atom. The molecular formula is C9H11BNO4S. The number of allylic oxidation sites excluding steroid dienone is 1. The lowest BCUT2D eigenvalue weighted by Crippen LogP contribution is -2.43. The fraction of sp³-hybridized carbons (Fsp3) is 0.444. The smallest absolute Gasteiger partial charge is 0.494 e. The van der Waals surface area contributed by atoms with E-state index in [1.54, 1.807) is 23.3 Å². The van der Waals surface area contributed by atoms with Crippen molar-refractivity contribution >= 4 is 35.8 Å². The molecule has 1 fully saturated rings. The maximum Gasteiger partial charge on any atom is 0.637 e. The zero-order valence-electron chi connectivity index (χ0n) is 8.84. The van der Waals surface area contributed by atoms with Crippen LogP contribution in [0.2, 0.25) is 0 Å². The molecule has 0 amide bonds. The lowest BCUT2D eigenvalue weighted by molar-refractivity contribution is -0.145. The molecule has 2 rings (SSSR count). The van der Waals surface area contributed by atoms with Gasteiger partial charge in [0, 0.05) is 11.2 Å². The summed E-state index contributed by atoms with van der Waals surface area (Å²) in [5, 5.41) is 1.84. The molecule has 0 N–H and O–H groups in total. The van der Waals surface area contributed by atoms with Crippen LogP contribution in [-0.4, -0.2) is 55.2 Å². The summed E-state index contributed by atoms with van der Waals surface area (Å²) >= 11 is 1.58. The third-order valence-corrected chi connectivity index (χ3v) is 2.98. The van der Waals surface area contributed by atoms with Crippen LogP contribution in [0.15, 0.2) is 11.5 Å². The first-order chi connectivity index (χ1) is 7.65. The van der Waals surface area contributed by atoms with Crippen LogP contribution in [0.5, 0.6) is 0 Å². The van der Waals surface area contributed by atoms with Gasteiger partial charge >= 0.3 is 19.1 Å². The van der Waals surface area contributed by atoms with E-state index in [0.29, 0.717) is 0 Å². The molecule has 5 nitrogen and oxygen atoms in total. The number of likely N-dealkylation sites (N-methyl/N-ethyl adjacent to an activating group) is 1. The van der Waals surface area contributed by atoms with Gasteiger partial charge in [0.2, 0.25) is 0 Å². The van der Waals surface area contributed by atoms with E-state index in [4.69, 9.17) is 9.31 Å². The predicted molar refractivity (Wildman–Crippen MR) is 62.0 cm³/mol. The van der Waals surface area contributed by atoms with E-state index in [0.717, 1.165) is 11.2 Å². The quantitative estimate of drug-likeness (QED) is 0.457. The number of nitrogens with zero attached hydrogens (tertiary/aromatic N) is 1. The number of carbonyl (C=O) groups excluding carboxylic acids is 2. The highest BCUT2D eigenvalue weighted by molar-refractivity contribution is 7.98. The molecule has 1 radical (unpaired) electrons. The molecule has 0 aliphatic carbocycles. The Kier molecular flexibility index (Phi) is 3.35. The summed E-state index contributed by atoms with van der Waals surface area (Å²) in [4.78, 5) is 24.4. The van der Waals surface area contributed by atoms with Crippen LogP contribution in [0.1, 0.15) is 0 Å². The fourth-order valence-corrected chi connectivity index (χ4v) is 2.24. The van der Waals surface area contributed by atoms with Crippen LogP contribution in [0.3, 0.4) is 0 Å². The second-order valence-corrected chi connectivity index (χ2v) is 4.54. The third-order valence-electron chi connectivity index (χ3n) is 2.18. The molecule has 2 aliphatic heterocycles. The van der Waals surface area contributed by atoms with Crippen molar-refractivity contribution in [3.63, 3.8) is 0 Å². The summed E-state index contributed by atoms with van der Waals surface area (Å²) in [5.41, 5.74) is 0.747. The Labute approximate surface area is 97.5 Å². The molecule has 0 atom stereocenters. The SMILES string of the molecule is CN1CC(=O)OB(C2=CC[S]=C2)OC(=O)C1. The van der Waals surface area contributed by atoms with Gasteiger partial charge in [-0.15, -0.1) is 0 Å². The molecule has 0 spiro atoms. The zero-order valence-corrected chi connectivity index (χ0v) is 9.66. The molecule has 16 heavy (non-hydrogen) atoms. The first kappa shape index (κ1) is 11.3. The number of hydrogen-bond acceptors (Lipinski definition) is 5. The summed E-state index contributed by atoms with van der Waals surface area (Å²) in [5.74, 6) is 0.0540. The Balaban J connectivity index is 2.10. The highest BCUT2D eigenvalue weighted by Crippen LogP contribution is 2.13. The lowest BCUT2D eigenvalue weighted by atomic mass is 9.79. The summed E-state index contributed by atoms with van der Waals surface area (Å²) in [6.45, 7) is 0.206. The molecule has 0 bridgehead atoms. The van der Waals surface area contributed by atoms with Gasteiger partial charge in [-0.1, -0.05) is 6.08 Å². The van der Waals surface area contributed by atoms with E-state index in [2.05, 4.69) is 0 Å². The predicted octanol–water partition coefficient (Wildman–Crippen LogP) is -0.479. The minimum absolute atomic E-state index is 0.103. The Hall–Kier alpha value is -1.21. The van der Waals surface area contributed by atoms with Gasteiger partial charge in [0.1, 0.15) is 0 Å². The number of rotatable bonds is 1. The van der Waals surface area contributed by atoms with E-state index in [1.165, 1.54) is 0 Å². The monoisotopic (exact) mass is 240 g/mol. The summed E-state index contributed by atoms with van der Waals surface area (Å²) < 4.78 is 10.2. The van der Waals surface area contributed by atoms with Gasteiger partial charge < -0.3 is 9.31 Å². The molecule has 0 unspecified atom stereocenters. The fourth-order valence-electron chi connectivity index (χ4n) is 1.46. The maximum absolute atomic E-state index is 11.4. The molecule has 85 valence electrons. The van der Waals surface area contributed by atoms with Crippen molar-refractivity contribution < 1.29 is 18.9 Å². The lowest BCUT2D eigenvalue weighted by Gasteiger charge is -2.22. The van der Waals surface area contributed by atoms with E-state index in [1.807, 2.05) is 11.4 Å². The second-order valence-electron chi connectivity index (χ2n) is 3.64. The van der Waals surface area contributed by atoms with Crippen LogP contribution in [0, 0.1) is 0 Å². The Bertz CT molecular complexity index is 362. The average Bonchev–Trinajstić information content (AvgIpc) is 2.66. The van der Waals surface area contributed by atoms with Gasteiger partial charge in [-0.05, 0) is 12.4 Å². The minimum atomic E-state index is -0.872. The van der Waals surface area contributed by atoms with Crippen molar-refractivity contribution in [3.05, 3.63) is 11.5 Å². The Morgan fingerprint density at radius 1 is 1.31 bits per heavy atom. The molecule has 0 aromatic carbocycles. The van der Waals surface area contributed by atoms with Gasteiger partial charge in [-0.25, -0.2) is 0 Å². The van der Waals surface area contributed by atoms with Gasteiger partial charge in [0.25, 0.3) is 0 Å². The average molecular weight is 240 g/mol. The molecule has 0 aromatic rings. The molecular weight excluding hydrogens is 229 g/mol. The molecule has 0 saturated carbocycles. The summed E-state index contributed by atoms with van der Waals surface area (Å²) in [6.07, 6.45) is 1.89. The first-order valence-corrected chi connectivity index (χ1v) is 5.92. The first-order valence-electron chi connectivity index (χ1n) is 4.87. The van der Waals surface area contributed by atoms with Crippen LogP contribution in [0.25, 0.3) is 0 Å². The van der Waals surface area contributed by atoms with Gasteiger partial charge in [0.05, 0.1) is 13.1 Å². The minimum Gasteiger partial charge on any atom is -0.494 e. The normalized spacial score (nSPS) is 22.3. The molecule has 1 saturated heterocycles. The van der Waals surface area contributed by atoms with E-state index >= 15 is 0 Å². The Morgan fingerprint density at radius 3 is 2.44 bits per heavy atom. The van der Waals surface area contributed by atoms with E-state index in [-0.39, 0.29) is 25.0 Å². The molecule has 2 aliphatic rings. The third kappa shape index (κ3) is 2.68. The van der Waals surface area contributed by atoms with Crippen molar-refractivity contribution in [2.75, 3.05) is 25.9 Å². The van der Waals surface area contributed by atoms with Crippen LogP contribution >= 0.6 is 11.4 Å². The number of hydrogen-bond donors (Lipinski definition) is 0. The molecule has 2 heterocycles. The van der Waals surface area contributed by atoms with Crippen molar-refractivity contribution in [1.82, 2.24) is 4.90 Å². The van der Waals surface area contributed by atoms with Crippen molar-refractivity contribution in [1.29, 1.82) is 0 Å².